The van der Waals surface area contributed by atoms with Crippen molar-refractivity contribution in [3.05, 3.63) is 18.0 Å². The van der Waals surface area contributed by atoms with Crippen molar-refractivity contribution < 1.29 is 0 Å². The van der Waals surface area contributed by atoms with Crippen molar-refractivity contribution in [2.24, 2.45) is 5.92 Å². The van der Waals surface area contributed by atoms with E-state index in [4.69, 9.17) is 5.26 Å². The lowest BCUT2D eigenvalue weighted by Gasteiger charge is -2.14. The summed E-state index contributed by atoms with van der Waals surface area (Å²) in [6, 6.07) is 3.65. The molecule has 2 heterocycles. The zero-order chi connectivity index (χ0) is 9.97. The van der Waals surface area contributed by atoms with Gasteiger partial charge in [-0.3, -0.25) is 0 Å². The van der Waals surface area contributed by atoms with Gasteiger partial charge in [0, 0.05) is 19.3 Å². The summed E-state index contributed by atoms with van der Waals surface area (Å²) < 4.78 is 0. The number of hydrogen-bond donors (Lipinski definition) is 0. The van der Waals surface area contributed by atoms with Crippen LogP contribution in [-0.4, -0.2) is 23.1 Å². The van der Waals surface area contributed by atoms with Crippen molar-refractivity contribution in [3.63, 3.8) is 0 Å². The maximum atomic E-state index is 8.70. The lowest BCUT2D eigenvalue weighted by molar-refractivity contribution is 0.658. The predicted molar refractivity (Wildman–Crippen MR) is 52.7 cm³/mol. The van der Waals surface area contributed by atoms with Gasteiger partial charge in [0.15, 0.2) is 0 Å². The van der Waals surface area contributed by atoms with Crippen LogP contribution in [0.3, 0.4) is 0 Å². The van der Waals surface area contributed by atoms with Crippen molar-refractivity contribution in [2.75, 3.05) is 18.0 Å². The molecular weight excluding hydrogens is 176 g/mol. The molecule has 1 atom stereocenters. The van der Waals surface area contributed by atoms with E-state index in [9.17, 15) is 0 Å². The molecular formula is C10H12N4. The van der Waals surface area contributed by atoms with Gasteiger partial charge in [-0.05, 0) is 18.4 Å². The summed E-state index contributed by atoms with van der Waals surface area (Å²) in [6.07, 6.45) is 2.82. The first-order valence-corrected chi connectivity index (χ1v) is 4.77. The van der Waals surface area contributed by atoms with Crippen LogP contribution >= 0.6 is 0 Å². The largest absolute Gasteiger partial charge is 0.341 e. The van der Waals surface area contributed by atoms with Crippen LogP contribution in [0.5, 0.6) is 0 Å². The average Bonchev–Trinajstić information content (AvgIpc) is 2.65. The van der Waals surface area contributed by atoms with Crippen molar-refractivity contribution in [1.29, 1.82) is 5.26 Å². The maximum absolute atomic E-state index is 8.70. The standard InChI is InChI=1S/C10H12N4/c1-8-3-5-14(7-8)10-12-4-2-9(6-11)13-10/h2,4,8H,3,5,7H2,1H3. The Morgan fingerprint density at radius 3 is 3.14 bits per heavy atom. The van der Waals surface area contributed by atoms with E-state index in [1.807, 2.05) is 6.07 Å². The molecule has 1 saturated heterocycles. The second-order valence-corrected chi connectivity index (χ2v) is 3.69. The fraction of sp³-hybridized carbons (Fsp3) is 0.500. The molecule has 14 heavy (non-hydrogen) atoms. The Morgan fingerprint density at radius 2 is 2.50 bits per heavy atom. The lowest BCUT2D eigenvalue weighted by Crippen LogP contribution is -2.21. The van der Waals surface area contributed by atoms with Crippen molar-refractivity contribution in [2.45, 2.75) is 13.3 Å². The molecule has 1 aromatic heterocycles. The van der Waals surface area contributed by atoms with Crippen LogP contribution in [0, 0.1) is 17.2 Å². The van der Waals surface area contributed by atoms with E-state index in [-0.39, 0.29) is 0 Å². The van der Waals surface area contributed by atoms with E-state index < -0.39 is 0 Å². The lowest BCUT2D eigenvalue weighted by atomic mass is 10.2. The van der Waals surface area contributed by atoms with E-state index >= 15 is 0 Å². The zero-order valence-electron chi connectivity index (χ0n) is 8.14. The van der Waals surface area contributed by atoms with E-state index in [0.29, 0.717) is 17.6 Å². The number of hydrogen-bond acceptors (Lipinski definition) is 4. The highest BCUT2D eigenvalue weighted by atomic mass is 15.3. The second kappa shape index (κ2) is 3.62. The summed E-state index contributed by atoms with van der Waals surface area (Å²) in [6.45, 7) is 4.21. The van der Waals surface area contributed by atoms with Gasteiger partial charge in [0.05, 0.1) is 0 Å². The molecule has 72 valence electrons. The van der Waals surface area contributed by atoms with Crippen molar-refractivity contribution in [1.82, 2.24) is 9.97 Å². The third kappa shape index (κ3) is 1.67. The van der Waals surface area contributed by atoms with Gasteiger partial charge in [0.2, 0.25) is 5.95 Å². The van der Waals surface area contributed by atoms with Gasteiger partial charge in [-0.1, -0.05) is 6.92 Å². The summed E-state index contributed by atoms with van der Waals surface area (Å²) in [5.74, 6) is 1.39. The third-order valence-corrected chi connectivity index (χ3v) is 2.46. The number of anilines is 1. The molecule has 1 aliphatic rings. The monoisotopic (exact) mass is 188 g/mol. The average molecular weight is 188 g/mol. The second-order valence-electron chi connectivity index (χ2n) is 3.69. The summed E-state index contributed by atoms with van der Waals surface area (Å²) in [4.78, 5) is 10.5. The van der Waals surface area contributed by atoms with Gasteiger partial charge in [-0.2, -0.15) is 5.26 Å². The summed E-state index contributed by atoms with van der Waals surface area (Å²) in [5, 5.41) is 8.70. The van der Waals surface area contributed by atoms with E-state index in [0.717, 1.165) is 13.1 Å². The van der Waals surface area contributed by atoms with E-state index in [1.54, 1.807) is 12.3 Å². The van der Waals surface area contributed by atoms with Crippen LogP contribution in [-0.2, 0) is 0 Å². The number of nitrogens with zero attached hydrogens (tertiary/aromatic N) is 4. The van der Waals surface area contributed by atoms with Crippen LogP contribution in [0.1, 0.15) is 19.0 Å². The molecule has 2 rings (SSSR count). The van der Waals surface area contributed by atoms with Gasteiger partial charge in [-0.25, -0.2) is 9.97 Å². The number of rotatable bonds is 1. The fourth-order valence-electron chi connectivity index (χ4n) is 1.68. The minimum Gasteiger partial charge on any atom is -0.341 e. The molecule has 1 aliphatic heterocycles. The molecule has 0 amide bonds. The molecule has 4 heteroatoms. The normalized spacial score (nSPS) is 20.9. The Bertz CT molecular complexity index is 369. The van der Waals surface area contributed by atoms with Gasteiger partial charge < -0.3 is 4.90 Å². The summed E-state index contributed by atoms with van der Waals surface area (Å²) in [7, 11) is 0. The fourth-order valence-corrected chi connectivity index (χ4v) is 1.68. The predicted octanol–water partition coefficient (Wildman–Crippen LogP) is 1.19. The molecule has 0 aromatic carbocycles. The van der Waals surface area contributed by atoms with Crippen LogP contribution < -0.4 is 4.90 Å². The quantitative estimate of drug-likeness (QED) is 0.664. The van der Waals surface area contributed by atoms with Gasteiger partial charge in [-0.15, -0.1) is 0 Å². The third-order valence-electron chi connectivity index (χ3n) is 2.46. The Labute approximate surface area is 83.2 Å². The molecule has 0 aliphatic carbocycles. The number of aromatic nitrogens is 2. The van der Waals surface area contributed by atoms with Crippen LogP contribution in [0.15, 0.2) is 12.3 Å². The molecule has 0 radical (unpaired) electrons. The summed E-state index contributed by atoms with van der Waals surface area (Å²) in [5.41, 5.74) is 0.439. The number of nitriles is 1. The maximum Gasteiger partial charge on any atom is 0.226 e. The van der Waals surface area contributed by atoms with Crippen LogP contribution in [0.2, 0.25) is 0 Å². The first-order chi connectivity index (χ1) is 6.79. The Kier molecular flexibility index (Phi) is 2.32. The first-order valence-electron chi connectivity index (χ1n) is 4.77. The van der Waals surface area contributed by atoms with Crippen LogP contribution in [0.4, 0.5) is 5.95 Å². The van der Waals surface area contributed by atoms with Gasteiger partial charge in [0.25, 0.3) is 0 Å². The molecule has 0 spiro atoms. The minimum absolute atomic E-state index is 0.439. The minimum atomic E-state index is 0.439. The molecule has 1 aromatic rings. The molecule has 0 saturated carbocycles. The van der Waals surface area contributed by atoms with Gasteiger partial charge >= 0.3 is 0 Å². The summed E-state index contributed by atoms with van der Waals surface area (Å²) >= 11 is 0. The Morgan fingerprint density at radius 1 is 1.64 bits per heavy atom. The topological polar surface area (TPSA) is 52.8 Å². The van der Waals surface area contributed by atoms with E-state index in [2.05, 4.69) is 21.8 Å². The molecule has 0 N–H and O–H groups in total. The Balaban J connectivity index is 2.20. The molecule has 1 unspecified atom stereocenters. The highest BCUT2D eigenvalue weighted by Gasteiger charge is 2.20. The molecule has 4 nitrogen and oxygen atoms in total. The van der Waals surface area contributed by atoms with Crippen molar-refractivity contribution >= 4 is 5.95 Å². The smallest absolute Gasteiger partial charge is 0.226 e. The molecule has 0 bridgehead atoms. The Hall–Kier alpha value is -1.63. The van der Waals surface area contributed by atoms with Crippen LogP contribution in [0.25, 0.3) is 0 Å². The van der Waals surface area contributed by atoms with Gasteiger partial charge in [0.1, 0.15) is 11.8 Å². The highest BCUT2D eigenvalue weighted by molar-refractivity contribution is 5.34. The zero-order valence-corrected chi connectivity index (χ0v) is 8.14. The highest BCUT2D eigenvalue weighted by Crippen LogP contribution is 2.19. The molecule has 1 fully saturated rings. The first kappa shape index (κ1) is 8.95. The van der Waals surface area contributed by atoms with E-state index in [1.165, 1.54) is 6.42 Å². The SMILES string of the molecule is CC1CCN(c2nccc(C#N)n2)C1. The van der Waals surface area contributed by atoms with Crippen molar-refractivity contribution in [3.8, 4) is 6.07 Å².